The number of amides is 4. The summed E-state index contributed by atoms with van der Waals surface area (Å²) in [6, 6.07) is 15.8. The molecule has 2 aromatic rings. The van der Waals surface area contributed by atoms with Crippen LogP contribution in [0.1, 0.15) is 57.6 Å². The van der Waals surface area contributed by atoms with Gasteiger partial charge in [-0.3, -0.25) is 19.9 Å². The molecule has 0 spiro atoms. The predicted molar refractivity (Wildman–Crippen MR) is 172 cm³/mol. The average molecular weight is 637 g/mol. The van der Waals surface area contributed by atoms with Crippen LogP contribution in [-0.2, 0) is 36.9 Å². The number of likely N-dealkylation sites (tertiary alicyclic amines) is 1. The highest BCUT2D eigenvalue weighted by Crippen LogP contribution is 2.20. The van der Waals surface area contributed by atoms with Crippen LogP contribution >= 0.6 is 0 Å². The van der Waals surface area contributed by atoms with E-state index < -0.39 is 47.7 Å². The molecule has 3 atom stereocenters. The zero-order valence-electron chi connectivity index (χ0n) is 26.6. The van der Waals surface area contributed by atoms with Crippen molar-refractivity contribution in [3.8, 4) is 0 Å². The number of guanidine groups is 1. The number of nitrogens with one attached hydrogen (secondary N) is 3. The van der Waals surface area contributed by atoms with Crippen LogP contribution in [0, 0.1) is 0 Å². The van der Waals surface area contributed by atoms with Gasteiger partial charge in [0.2, 0.25) is 11.8 Å². The molecule has 0 radical (unpaired) electrons. The molecule has 5 N–H and O–H groups in total. The summed E-state index contributed by atoms with van der Waals surface area (Å²) in [5.74, 6) is -0.992. The Bertz CT molecular complexity index is 1350. The van der Waals surface area contributed by atoms with Gasteiger partial charge in [0, 0.05) is 19.5 Å². The Labute approximate surface area is 269 Å². The summed E-state index contributed by atoms with van der Waals surface area (Å²) in [6.07, 6.45) is 1.03. The van der Waals surface area contributed by atoms with Crippen LogP contribution in [-0.4, -0.2) is 78.0 Å². The molecule has 4 amide bonds. The number of rotatable bonds is 13. The highest BCUT2D eigenvalue weighted by Gasteiger charge is 2.38. The zero-order chi connectivity index (χ0) is 33.5. The number of nitrogens with zero attached hydrogens (tertiary/aromatic N) is 2. The molecule has 248 valence electrons. The van der Waals surface area contributed by atoms with Crippen LogP contribution in [0.5, 0.6) is 0 Å². The van der Waals surface area contributed by atoms with Crippen molar-refractivity contribution in [2.75, 3.05) is 13.1 Å². The van der Waals surface area contributed by atoms with Gasteiger partial charge in [-0.2, -0.15) is 0 Å². The van der Waals surface area contributed by atoms with Crippen LogP contribution in [0.3, 0.4) is 0 Å². The van der Waals surface area contributed by atoms with Gasteiger partial charge in [0.1, 0.15) is 30.6 Å². The molecule has 0 saturated carbocycles. The summed E-state index contributed by atoms with van der Waals surface area (Å²) in [4.78, 5) is 68.9. The number of alkyl carbamates (subject to hydrolysis) is 2. The van der Waals surface area contributed by atoms with E-state index in [4.69, 9.17) is 15.2 Å². The lowest BCUT2D eigenvalue weighted by molar-refractivity contribution is -0.140. The highest BCUT2D eigenvalue weighted by molar-refractivity contribution is 5.93. The summed E-state index contributed by atoms with van der Waals surface area (Å²) in [5.41, 5.74) is 6.66. The first-order valence-corrected chi connectivity index (χ1v) is 15.3. The summed E-state index contributed by atoms with van der Waals surface area (Å²) in [6.45, 7) is 5.79. The first-order valence-electron chi connectivity index (χ1n) is 15.3. The Morgan fingerprint density at radius 2 is 1.65 bits per heavy atom. The number of hydrogen-bond acceptors (Lipinski definition) is 8. The van der Waals surface area contributed by atoms with Gasteiger partial charge >= 0.3 is 12.2 Å². The van der Waals surface area contributed by atoms with Gasteiger partial charge in [-0.1, -0.05) is 60.7 Å². The van der Waals surface area contributed by atoms with E-state index in [9.17, 15) is 24.0 Å². The van der Waals surface area contributed by atoms with E-state index >= 15 is 0 Å². The first-order chi connectivity index (χ1) is 21.9. The molecule has 1 aliphatic heterocycles. The number of aliphatic imine (C=N–C) groups is 1. The summed E-state index contributed by atoms with van der Waals surface area (Å²) >= 11 is 0. The fourth-order valence-electron chi connectivity index (χ4n) is 4.87. The maximum absolute atomic E-state index is 13.7. The highest BCUT2D eigenvalue weighted by atomic mass is 16.6. The molecule has 1 saturated heterocycles. The molecule has 13 heteroatoms. The molecule has 3 rings (SSSR count). The molecule has 0 aliphatic carbocycles. The van der Waals surface area contributed by atoms with Crippen molar-refractivity contribution in [1.82, 2.24) is 20.9 Å². The third-order valence-corrected chi connectivity index (χ3v) is 7.00. The maximum Gasteiger partial charge on any atom is 0.414 e. The monoisotopic (exact) mass is 636 g/mol. The van der Waals surface area contributed by atoms with Crippen LogP contribution in [0.2, 0.25) is 0 Å². The van der Waals surface area contributed by atoms with Crippen molar-refractivity contribution in [2.24, 2.45) is 10.7 Å². The minimum absolute atomic E-state index is 0.0820. The fraction of sp³-hybridized carbons (Fsp3) is 0.455. The molecule has 1 aliphatic rings. The van der Waals surface area contributed by atoms with Gasteiger partial charge in [-0.05, 0) is 57.6 Å². The van der Waals surface area contributed by atoms with E-state index in [1.807, 2.05) is 60.7 Å². The Morgan fingerprint density at radius 1 is 1.00 bits per heavy atom. The molecule has 1 heterocycles. The van der Waals surface area contributed by atoms with E-state index in [2.05, 4.69) is 20.9 Å². The Balaban J connectivity index is 1.52. The lowest BCUT2D eigenvalue weighted by Crippen LogP contribution is -2.55. The number of nitrogens with two attached hydrogens (primary N) is 1. The molecule has 0 aromatic heterocycles. The lowest BCUT2D eigenvalue weighted by atomic mass is 10.0. The van der Waals surface area contributed by atoms with Gasteiger partial charge in [-0.15, -0.1) is 0 Å². The molecule has 46 heavy (non-hydrogen) atoms. The van der Waals surface area contributed by atoms with Crippen LogP contribution < -0.4 is 21.7 Å². The average Bonchev–Trinajstić information content (AvgIpc) is 3.51. The number of hydrogen-bond donors (Lipinski definition) is 4. The largest absolute Gasteiger partial charge is 0.444 e. The van der Waals surface area contributed by atoms with E-state index in [1.165, 1.54) is 4.90 Å². The van der Waals surface area contributed by atoms with Gasteiger partial charge in [0.15, 0.2) is 5.96 Å². The van der Waals surface area contributed by atoms with Crippen molar-refractivity contribution < 1.29 is 33.4 Å². The summed E-state index contributed by atoms with van der Waals surface area (Å²) in [7, 11) is 0. The Hall–Kier alpha value is -4.94. The molecule has 2 aromatic carbocycles. The van der Waals surface area contributed by atoms with Crippen LogP contribution in [0.4, 0.5) is 9.59 Å². The number of benzene rings is 2. The van der Waals surface area contributed by atoms with Gasteiger partial charge in [-0.25, -0.2) is 9.59 Å². The van der Waals surface area contributed by atoms with Crippen molar-refractivity contribution in [3.63, 3.8) is 0 Å². The zero-order valence-corrected chi connectivity index (χ0v) is 26.6. The second-order valence-electron chi connectivity index (χ2n) is 11.9. The Kier molecular flexibility index (Phi) is 13.5. The summed E-state index contributed by atoms with van der Waals surface area (Å²) in [5, 5.41) is 7.75. The fourth-order valence-corrected chi connectivity index (χ4v) is 4.87. The third kappa shape index (κ3) is 12.2. The minimum Gasteiger partial charge on any atom is -0.444 e. The van der Waals surface area contributed by atoms with E-state index in [0.29, 0.717) is 32.1 Å². The topological polar surface area (TPSA) is 182 Å². The van der Waals surface area contributed by atoms with Gasteiger partial charge < -0.3 is 35.5 Å². The number of aldehydes is 1. The minimum atomic E-state index is -0.958. The quantitative estimate of drug-likeness (QED) is 0.112. The number of carbonyl (C=O) groups excluding carboxylic acids is 5. The lowest BCUT2D eigenvalue weighted by Gasteiger charge is -2.30. The van der Waals surface area contributed by atoms with Crippen LogP contribution in [0.25, 0.3) is 0 Å². The van der Waals surface area contributed by atoms with E-state index in [1.54, 1.807) is 20.8 Å². The number of carbonyl (C=O) groups is 5. The predicted octanol–water partition coefficient (Wildman–Crippen LogP) is 2.82. The van der Waals surface area contributed by atoms with E-state index in [0.717, 1.165) is 11.1 Å². The van der Waals surface area contributed by atoms with E-state index in [-0.39, 0.29) is 32.0 Å². The standard InChI is InChI=1S/C33H44N6O7/c1-33(2,3)46-32(44)37-26(20-23-12-6-4-7-13-23)29(42)39-19-11-17-27(39)28(41)36-25(21-40)16-10-18-35-30(34)38-31(43)45-22-24-14-8-5-9-15-24/h4-9,12-15,21,25-27H,10-11,16-20,22H2,1-3H3,(H,36,41)(H,37,44)(H3,34,35,38,43)/t25-,26+,27-/m0/s1. The molecular weight excluding hydrogens is 592 g/mol. The van der Waals surface area contributed by atoms with Crippen molar-refractivity contribution in [3.05, 3.63) is 71.8 Å². The molecule has 13 nitrogen and oxygen atoms in total. The number of ether oxygens (including phenoxy) is 2. The molecular formula is C33H44N6O7. The smallest absolute Gasteiger partial charge is 0.414 e. The first kappa shape index (κ1) is 35.5. The van der Waals surface area contributed by atoms with Gasteiger partial charge in [0.05, 0.1) is 6.04 Å². The second kappa shape index (κ2) is 17.5. The second-order valence-corrected chi connectivity index (χ2v) is 11.9. The van der Waals surface area contributed by atoms with Crippen molar-refractivity contribution >= 4 is 36.2 Å². The van der Waals surface area contributed by atoms with Crippen LogP contribution in [0.15, 0.2) is 65.7 Å². The van der Waals surface area contributed by atoms with Crippen molar-refractivity contribution in [1.29, 1.82) is 0 Å². The summed E-state index contributed by atoms with van der Waals surface area (Å²) < 4.78 is 10.5. The molecule has 0 unspecified atom stereocenters. The normalized spacial score (nSPS) is 16.1. The Morgan fingerprint density at radius 3 is 2.28 bits per heavy atom. The SMILES string of the molecule is CC(C)(C)OC(=O)N[C@H](Cc1ccccc1)C(=O)N1CCC[C@H]1C(=O)N[C@H](C=O)CCCN=C(N)NC(=O)OCc1ccccc1. The maximum atomic E-state index is 13.7. The van der Waals surface area contributed by atoms with Gasteiger partial charge in [0.25, 0.3) is 0 Å². The molecule has 1 fully saturated rings. The molecule has 0 bridgehead atoms. The van der Waals surface area contributed by atoms with Crippen molar-refractivity contribution in [2.45, 2.75) is 83.2 Å². The third-order valence-electron chi connectivity index (χ3n) is 7.00.